The predicted molar refractivity (Wildman–Crippen MR) is 104 cm³/mol. The van der Waals surface area contributed by atoms with Crippen LogP contribution in [0.25, 0.3) is 11.1 Å². The van der Waals surface area contributed by atoms with Gasteiger partial charge in [0.1, 0.15) is 5.75 Å². The molecule has 1 aliphatic carbocycles. The maximum Gasteiger partial charge on any atom is 0.405 e. The average Bonchev–Trinajstić information content (AvgIpc) is 2.62. The summed E-state index contributed by atoms with van der Waals surface area (Å²) in [5, 5.41) is 11.9. The second-order valence-electron chi connectivity index (χ2n) is 7.66. The quantitative estimate of drug-likeness (QED) is 0.754. The Morgan fingerprint density at radius 3 is 2.73 bits per heavy atom. The number of aryl methyl sites for hydroxylation is 1. The Labute approximate surface area is 155 Å². The molecule has 4 nitrogen and oxygen atoms in total. The van der Waals surface area contributed by atoms with Gasteiger partial charge in [-0.15, -0.1) is 0 Å². The van der Waals surface area contributed by atoms with E-state index in [1.54, 1.807) is 0 Å². The van der Waals surface area contributed by atoms with Crippen LogP contribution in [0.15, 0.2) is 42.5 Å². The molecule has 3 rings (SSSR count). The maximum atomic E-state index is 11.3. The van der Waals surface area contributed by atoms with Gasteiger partial charge in [0.05, 0.1) is 12.6 Å². The summed E-state index contributed by atoms with van der Waals surface area (Å²) in [5.74, 6) is 0.883. The highest BCUT2D eigenvalue weighted by Gasteiger charge is 2.37. The van der Waals surface area contributed by atoms with Crippen molar-refractivity contribution < 1.29 is 14.6 Å². The Kier molecular flexibility index (Phi) is 5.21. The zero-order valence-corrected chi connectivity index (χ0v) is 15.7. The molecule has 1 amide bonds. The van der Waals surface area contributed by atoms with E-state index in [2.05, 4.69) is 56.4 Å². The molecule has 4 heteroatoms. The fourth-order valence-electron chi connectivity index (χ4n) is 3.69. The van der Waals surface area contributed by atoms with Crippen molar-refractivity contribution in [3.63, 3.8) is 0 Å². The number of hydrogen-bond donors (Lipinski definition) is 2. The molecule has 2 aromatic rings. The van der Waals surface area contributed by atoms with Crippen LogP contribution in [0.2, 0.25) is 0 Å². The Balaban J connectivity index is 1.93. The number of benzene rings is 2. The van der Waals surface area contributed by atoms with E-state index in [4.69, 9.17) is 4.74 Å². The van der Waals surface area contributed by atoms with Crippen LogP contribution >= 0.6 is 0 Å². The number of fused-ring (bicyclic) bond motifs is 1. The van der Waals surface area contributed by atoms with Crippen molar-refractivity contribution in [2.75, 3.05) is 6.61 Å². The van der Waals surface area contributed by atoms with Crippen LogP contribution in [-0.4, -0.2) is 17.8 Å². The monoisotopic (exact) mass is 353 g/mol. The van der Waals surface area contributed by atoms with Crippen LogP contribution in [0.5, 0.6) is 5.75 Å². The Hall–Kier alpha value is -2.49. The topological polar surface area (TPSA) is 58.6 Å². The first-order chi connectivity index (χ1) is 12.4. The highest BCUT2D eigenvalue weighted by atomic mass is 16.5. The van der Waals surface area contributed by atoms with Crippen molar-refractivity contribution in [2.45, 2.75) is 46.1 Å². The fraction of sp³-hybridized carbons (Fsp3) is 0.409. The number of amides is 1. The Morgan fingerprint density at radius 2 is 2.00 bits per heavy atom. The second kappa shape index (κ2) is 7.40. The highest BCUT2D eigenvalue weighted by molar-refractivity contribution is 5.68. The summed E-state index contributed by atoms with van der Waals surface area (Å²) in [6, 6.07) is 14.3. The minimum atomic E-state index is -0.972. The third kappa shape index (κ3) is 3.85. The zero-order valence-electron chi connectivity index (χ0n) is 15.7. The molecular formula is C22H27NO3. The normalized spacial score (nSPS) is 18.0. The molecule has 0 unspecified atom stereocenters. The molecule has 2 aromatic carbocycles. The van der Waals surface area contributed by atoms with Crippen LogP contribution in [0.1, 0.15) is 50.8 Å². The van der Waals surface area contributed by atoms with Gasteiger partial charge in [-0.05, 0) is 59.1 Å². The first-order valence-corrected chi connectivity index (χ1v) is 9.26. The summed E-state index contributed by atoms with van der Waals surface area (Å²) in [4.78, 5) is 11.3. The standard InChI is InChI=1S/C22H27NO3/c1-4-12-26-18-7-5-6-15(14-18)16-8-9-19-17(13-16)10-11-22(2,3)20(19)23-21(24)25/h5-9,13-14,20,23H,4,10-12H2,1-3H3,(H,24,25)/t20-/m0/s1. The SMILES string of the molecule is CCCOc1cccc(-c2ccc3c(c2)CCC(C)(C)[C@H]3NC(=O)O)c1. The lowest BCUT2D eigenvalue weighted by Gasteiger charge is -2.40. The van der Waals surface area contributed by atoms with Crippen molar-refractivity contribution in [1.29, 1.82) is 0 Å². The summed E-state index contributed by atoms with van der Waals surface area (Å²) < 4.78 is 5.74. The summed E-state index contributed by atoms with van der Waals surface area (Å²) >= 11 is 0. The Morgan fingerprint density at radius 1 is 1.23 bits per heavy atom. The third-order valence-corrected chi connectivity index (χ3v) is 5.18. The number of hydrogen-bond acceptors (Lipinski definition) is 2. The fourth-order valence-corrected chi connectivity index (χ4v) is 3.69. The largest absolute Gasteiger partial charge is 0.494 e. The number of carboxylic acid groups (broad SMARTS) is 1. The molecule has 138 valence electrons. The van der Waals surface area contributed by atoms with Gasteiger partial charge in [-0.3, -0.25) is 0 Å². The predicted octanol–water partition coefficient (Wildman–Crippen LogP) is 5.42. The number of ether oxygens (including phenoxy) is 1. The van der Waals surface area contributed by atoms with E-state index >= 15 is 0 Å². The van der Waals surface area contributed by atoms with Crippen LogP contribution < -0.4 is 10.1 Å². The first kappa shape index (κ1) is 18.3. The highest BCUT2D eigenvalue weighted by Crippen LogP contribution is 2.44. The average molecular weight is 353 g/mol. The molecule has 0 aliphatic heterocycles. The molecule has 1 atom stereocenters. The van der Waals surface area contributed by atoms with Crippen LogP contribution in [-0.2, 0) is 6.42 Å². The second-order valence-corrected chi connectivity index (χ2v) is 7.66. The first-order valence-electron chi connectivity index (χ1n) is 9.26. The minimum absolute atomic E-state index is 0.0964. The number of rotatable bonds is 5. The van der Waals surface area contributed by atoms with Crippen LogP contribution in [0.4, 0.5) is 4.79 Å². The van der Waals surface area contributed by atoms with Gasteiger partial charge in [0, 0.05) is 0 Å². The van der Waals surface area contributed by atoms with Gasteiger partial charge in [0.25, 0.3) is 0 Å². The van der Waals surface area contributed by atoms with Crippen molar-refractivity contribution in [3.8, 4) is 16.9 Å². The van der Waals surface area contributed by atoms with Crippen molar-refractivity contribution >= 4 is 6.09 Å². The summed E-state index contributed by atoms with van der Waals surface area (Å²) in [7, 11) is 0. The molecule has 0 heterocycles. The maximum absolute atomic E-state index is 11.3. The molecule has 0 fully saturated rings. The lowest BCUT2D eigenvalue weighted by molar-refractivity contribution is 0.161. The lowest BCUT2D eigenvalue weighted by atomic mass is 9.70. The molecule has 0 bridgehead atoms. The molecule has 26 heavy (non-hydrogen) atoms. The van der Waals surface area contributed by atoms with Crippen LogP contribution in [0.3, 0.4) is 0 Å². The molecule has 0 saturated carbocycles. The van der Waals surface area contributed by atoms with Gasteiger partial charge < -0.3 is 15.2 Å². The summed E-state index contributed by atoms with van der Waals surface area (Å²) in [6.07, 6.45) is 1.92. The smallest absolute Gasteiger partial charge is 0.405 e. The van der Waals surface area contributed by atoms with Gasteiger partial charge >= 0.3 is 6.09 Å². The Bertz CT molecular complexity index is 798. The molecule has 1 aliphatic rings. The van der Waals surface area contributed by atoms with Crippen molar-refractivity contribution in [1.82, 2.24) is 5.32 Å². The van der Waals surface area contributed by atoms with E-state index in [-0.39, 0.29) is 11.5 Å². The molecule has 0 saturated heterocycles. The summed E-state index contributed by atoms with van der Waals surface area (Å²) in [6.45, 7) is 7.06. The zero-order chi connectivity index (χ0) is 18.7. The molecule has 2 N–H and O–H groups in total. The molecule has 0 spiro atoms. The number of carbonyl (C=O) groups is 1. The van der Waals surface area contributed by atoms with Gasteiger partial charge in [0.15, 0.2) is 0 Å². The molecular weight excluding hydrogens is 326 g/mol. The van der Waals surface area contributed by atoms with E-state index in [9.17, 15) is 9.90 Å². The van der Waals surface area contributed by atoms with Gasteiger partial charge in [-0.2, -0.15) is 0 Å². The van der Waals surface area contributed by atoms with E-state index in [0.29, 0.717) is 6.61 Å². The van der Waals surface area contributed by atoms with Gasteiger partial charge in [0.2, 0.25) is 0 Å². The van der Waals surface area contributed by atoms with E-state index in [1.165, 1.54) is 5.56 Å². The summed E-state index contributed by atoms with van der Waals surface area (Å²) in [5.41, 5.74) is 4.47. The van der Waals surface area contributed by atoms with E-state index in [0.717, 1.165) is 41.7 Å². The van der Waals surface area contributed by atoms with E-state index < -0.39 is 6.09 Å². The minimum Gasteiger partial charge on any atom is -0.494 e. The lowest BCUT2D eigenvalue weighted by Crippen LogP contribution is -2.40. The van der Waals surface area contributed by atoms with E-state index in [1.807, 2.05) is 12.1 Å². The van der Waals surface area contributed by atoms with Crippen molar-refractivity contribution in [2.24, 2.45) is 5.41 Å². The van der Waals surface area contributed by atoms with Gasteiger partial charge in [-0.1, -0.05) is 51.1 Å². The molecule has 0 aromatic heterocycles. The van der Waals surface area contributed by atoms with Crippen molar-refractivity contribution in [3.05, 3.63) is 53.6 Å². The molecule has 0 radical (unpaired) electrons. The van der Waals surface area contributed by atoms with Crippen LogP contribution in [0, 0.1) is 5.41 Å². The van der Waals surface area contributed by atoms with Gasteiger partial charge in [-0.25, -0.2) is 4.79 Å². The third-order valence-electron chi connectivity index (χ3n) is 5.18. The number of nitrogens with one attached hydrogen (secondary N) is 1.